The Bertz CT molecular complexity index is 301. The van der Waals surface area contributed by atoms with E-state index in [1.54, 1.807) is 18.2 Å². The second-order valence-electron chi connectivity index (χ2n) is 3.39. The second kappa shape index (κ2) is 4.29. The summed E-state index contributed by atoms with van der Waals surface area (Å²) >= 11 is 0. The number of esters is 2. The summed E-state index contributed by atoms with van der Waals surface area (Å²) in [5, 5.41) is 0. The van der Waals surface area contributed by atoms with Gasteiger partial charge >= 0.3 is 11.9 Å². The van der Waals surface area contributed by atoms with Crippen molar-refractivity contribution < 1.29 is 19.1 Å². The van der Waals surface area contributed by atoms with Crippen LogP contribution in [-0.2, 0) is 19.1 Å². The molecule has 1 saturated carbocycles. The third-order valence-corrected chi connectivity index (χ3v) is 2.59. The molecule has 0 aromatic carbocycles. The minimum atomic E-state index is -1.12. The zero-order valence-corrected chi connectivity index (χ0v) is 8.86. The molecule has 1 atom stereocenters. The van der Waals surface area contributed by atoms with Gasteiger partial charge in [0, 0.05) is 5.92 Å². The number of hydrogen-bond donors (Lipinski definition) is 0. The maximum Gasteiger partial charge on any atom is 0.323 e. The van der Waals surface area contributed by atoms with Crippen LogP contribution in [0.1, 0.15) is 6.42 Å². The number of allylic oxidation sites excluding steroid dienone is 3. The van der Waals surface area contributed by atoms with E-state index in [1.807, 2.05) is 0 Å². The molecular weight excluding hydrogens is 196 g/mol. The average Bonchev–Trinajstić information content (AvgIpc) is 2.99. The maximum absolute atomic E-state index is 11.5. The average molecular weight is 210 g/mol. The first-order chi connectivity index (χ1) is 7.13. The van der Waals surface area contributed by atoms with Crippen LogP contribution in [0.25, 0.3) is 0 Å². The summed E-state index contributed by atoms with van der Waals surface area (Å²) in [6.45, 7) is 3.52. The highest BCUT2D eigenvalue weighted by Crippen LogP contribution is 2.55. The summed E-state index contributed by atoms with van der Waals surface area (Å²) in [6.07, 6.45) is 5.51. The maximum atomic E-state index is 11.5. The molecule has 0 spiro atoms. The van der Waals surface area contributed by atoms with Crippen molar-refractivity contribution in [2.75, 3.05) is 14.2 Å². The van der Waals surface area contributed by atoms with Gasteiger partial charge in [-0.25, -0.2) is 0 Å². The van der Waals surface area contributed by atoms with Crippen molar-refractivity contribution in [3.63, 3.8) is 0 Å². The van der Waals surface area contributed by atoms with Crippen molar-refractivity contribution in [1.29, 1.82) is 0 Å². The van der Waals surface area contributed by atoms with Crippen LogP contribution in [0.4, 0.5) is 0 Å². The molecule has 1 aliphatic rings. The minimum absolute atomic E-state index is 0.143. The van der Waals surface area contributed by atoms with Crippen LogP contribution in [-0.4, -0.2) is 26.2 Å². The molecule has 0 heterocycles. The Morgan fingerprint density at radius 1 is 1.33 bits per heavy atom. The summed E-state index contributed by atoms with van der Waals surface area (Å²) in [6, 6.07) is 0. The van der Waals surface area contributed by atoms with Crippen LogP contribution in [0.15, 0.2) is 24.8 Å². The van der Waals surface area contributed by atoms with Crippen molar-refractivity contribution in [1.82, 2.24) is 0 Å². The van der Waals surface area contributed by atoms with Gasteiger partial charge in [0.25, 0.3) is 0 Å². The Morgan fingerprint density at radius 2 is 1.87 bits per heavy atom. The molecule has 4 heteroatoms. The Labute approximate surface area is 88.6 Å². The molecule has 82 valence electrons. The van der Waals surface area contributed by atoms with Gasteiger partial charge < -0.3 is 9.47 Å². The Morgan fingerprint density at radius 3 is 2.27 bits per heavy atom. The van der Waals surface area contributed by atoms with Crippen molar-refractivity contribution >= 4 is 11.9 Å². The summed E-state index contributed by atoms with van der Waals surface area (Å²) in [5.74, 6) is -1.21. The number of carbonyl (C=O) groups is 2. The number of methoxy groups -OCH3 is 2. The Hall–Kier alpha value is -1.58. The van der Waals surface area contributed by atoms with Crippen LogP contribution < -0.4 is 0 Å². The largest absolute Gasteiger partial charge is 0.468 e. The van der Waals surface area contributed by atoms with E-state index in [2.05, 4.69) is 16.1 Å². The first kappa shape index (κ1) is 11.5. The summed E-state index contributed by atoms with van der Waals surface area (Å²) < 4.78 is 9.22. The lowest BCUT2D eigenvalue weighted by molar-refractivity contribution is -0.161. The standard InChI is InChI=1S/C11H14O4/c1-4-5-6-8-7-11(8,9(12)14-2)10(13)15-3/h4-6,8H,1,7H2,2-3H3/b6-5+. The number of ether oxygens (including phenoxy) is 2. The lowest BCUT2D eigenvalue weighted by atomic mass is 10.0. The second-order valence-corrected chi connectivity index (χ2v) is 3.39. The Kier molecular flexibility index (Phi) is 3.29. The molecule has 0 aromatic rings. The van der Waals surface area contributed by atoms with E-state index in [1.165, 1.54) is 14.2 Å². The first-order valence-electron chi connectivity index (χ1n) is 4.59. The lowest BCUT2D eigenvalue weighted by Crippen LogP contribution is -2.30. The topological polar surface area (TPSA) is 52.6 Å². The molecule has 0 saturated heterocycles. The molecule has 0 bridgehead atoms. The van der Waals surface area contributed by atoms with Gasteiger partial charge in [-0.15, -0.1) is 0 Å². The number of hydrogen-bond acceptors (Lipinski definition) is 4. The van der Waals surface area contributed by atoms with Crippen LogP contribution in [0, 0.1) is 11.3 Å². The van der Waals surface area contributed by atoms with Gasteiger partial charge in [0.1, 0.15) is 0 Å². The van der Waals surface area contributed by atoms with Crippen LogP contribution in [0.3, 0.4) is 0 Å². The third-order valence-electron chi connectivity index (χ3n) is 2.59. The van der Waals surface area contributed by atoms with Gasteiger partial charge in [0.2, 0.25) is 0 Å². The van der Waals surface area contributed by atoms with Crippen molar-refractivity contribution in [3.05, 3.63) is 24.8 Å². The highest BCUT2D eigenvalue weighted by Gasteiger charge is 2.66. The van der Waals surface area contributed by atoms with Gasteiger partial charge in [0.05, 0.1) is 14.2 Å². The normalized spacial score (nSPS) is 22.1. The SMILES string of the molecule is C=C/C=C/C1CC1(C(=O)OC)C(=O)OC. The van der Waals surface area contributed by atoms with Gasteiger partial charge in [-0.1, -0.05) is 24.8 Å². The first-order valence-corrected chi connectivity index (χ1v) is 4.59. The fraction of sp³-hybridized carbons (Fsp3) is 0.455. The highest BCUT2D eigenvalue weighted by molar-refractivity contribution is 6.04. The summed E-state index contributed by atoms with van der Waals surface area (Å²) in [4.78, 5) is 23.0. The van der Waals surface area contributed by atoms with E-state index in [4.69, 9.17) is 0 Å². The zero-order chi connectivity index (χ0) is 11.5. The van der Waals surface area contributed by atoms with E-state index in [-0.39, 0.29) is 5.92 Å². The molecule has 4 nitrogen and oxygen atoms in total. The van der Waals surface area contributed by atoms with E-state index < -0.39 is 17.4 Å². The van der Waals surface area contributed by atoms with Crippen molar-refractivity contribution in [2.45, 2.75) is 6.42 Å². The molecule has 0 amide bonds. The Balaban J connectivity index is 2.84. The van der Waals surface area contributed by atoms with E-state index >= 15 is 0 Å². The van der Waals surface area contributed by atoms with E-state index in [9.17, 15) is 9.59 Å². The molecular formula is C11H14O4. The summed E-state index contributed by atoms with van der Waals surface area (Å²) in [5.41, 5.74) is -1.12. The van der Waals surface area contributed by atoms with Gasteiger partial charge in [-0.3, -0.25) is 9.59 Å². The van der Waals surface area contributed by atoms with Gasteiger partial charge in [0.15, 0.2) is 5.41 Å². The molecule has 0 N–H and O–H groups in total. The predicted molar refractivity (Wildman–Crippen MR) is 53.9 cm³/mol. The molecule has 0 radical (unpaired) electrons. The van der Waals surface area contributed by atoms with Crippen LogP contribution >= 0.6 is 0 Å². The fourth-order valence-electron chi connectivity index (χ4n) is 1.65. The van der Waals surface area contributed by atoms with Gasteiger partial charge in [-0.05, 0) is 6.42 Å². The zero-order valence-electron chi connectivity index (χ0n) is 8.86. The van der Waals surface area contributed by atoms with Crippen LogP contribution in [0.2, 0.25) is 0 Å². The van der Waals surface area contributed by atoms with E-state index in [0.717, 1.165) is 0 Å². The number of carbonyl (C=O) groups excluding carboxylic acids is 2. The molecule has 1 fully saturated rings. The smallest absolute Gasteiger partial charge is 0.323 e. The van der Waals surface area contributed by atoms with Gasteiger partial charge in [-0.2, -0.15) is 0 Å². The lowest BCUT2D eigenvalue weighted by Gasteiger charge is -2.10. The van der Waals surface area contributed by atoms with E-state index in [0.29, 0.717) is 6.42 Å². The highest BCUT2D eigenvalue weighted by atomic mass is 16.5. The molecule has 1 aliphatic carbocycles. The fourth-order valence-corrected chi connectivity index (χ4v) is 1.65. The van der Waals surface area contributed by atoms with Crippen molar-refractivity contribution in [3.8, 4) is 0 Å². The molecule has 0 aromatic heterocycles. The minimum Gasteiger partial charge on any atom is -0.468 e. The predicted octanol–water partition coefficient (Wildman–Crippen LogP) is 1.08. The third kappa shape index (κ3) is 1.79. The molecule has 0 aliphatic heterocycles. The molecule has 15 heavy (non-hydrogen) atoms. The number of rotatable bonds is 4. The van der Waals surface area contributed by atoms with Crippen LogP contribution in [0.5, 0.6) is 0 Å². The molecule has 1 unspecified atom stereocenters. The molecule has 1 rings (SSSR count). The quantitative estimate of drug-likeness (QED) is 0.396. The summed E-state index contributed by atoms with van der Waals surface area (Å²) in [7, 11) is 2.53. The van der Waals surface area contributed by atoms with Crippen molar-refractivity contribution in [2.24, 2.45) is 11.3 Å². The monoisotopic (exact) mass is 210 g/mol.